The van der Waals surface area contributed by atoms with Crippen molar-refractivity contribution in [3.05, 3.63) is 24.3 Å². The zero-order valence-corrected chi connectivity index (χ0v) is 11.6. The Morgan fingerprint density at radius 3 is 2.45 bits per heavy atom. The summed E-state index contributed by atoms with van der Waals surface area (Å²) in [5, 5.41) is 17.1. The van der Waals surface area contributed by atoms with Gasteiger partial charge in [-0.25, -0.2) is 13.1 Å². The van der Waals surface area contributed by atoms with Crippen molar-refractivity contribution >= 4 is 16.0 Å². The fourth-order valence-electron chi connectivity index (χ4n) is 1.39. The molecule has 0 bridgehead atoms. The number of aliphatic hydroxyl groups is 1. The Kier molecular flexibility index (Phi) is 6.43. The van der Waals surface area contributed by atoms with Gasteiger partial charge in [-0.05, 0) is 30.7 Å². The summed E-state index contributed by atoms with van der Waals surface area (Å²) in [7, 11) is -3.62. The Morgan fingerprint density at radius 2 is 1.90 bits per heavy atom. The lowest BCUT2D eigenvalue weighted by Crippen LogP contribution is -2.26. The number of hydrogen-bond donors (Lipinski definition) is 3. The minimum absolute atomic E-state index is 0.0253. The minimum Gasteiger partial charge on any atom is -0.494 e. The van der Waals surface area contributed by atoms with Gasteiger partial charge in [-0.2, -0.15) is 0 Å². The molecule has 20 heavy (non-hydrogen) atoms. The summed E-state index contributed by atoms with van der Waals surface area (Å²) < 4.78 is 30.9. The highest BCUT2D eigenvalue weighted by Crippen LogP contribution is 2.16. The molecule has 0 aliphatic rings. The van der Waals surface area contributed by atoms with Crippen molar-refractivity contribution in [1.82, 2.24) is 4.72 Å². The number of carboxylic acids is 1. The summed E-state index contributed by atoms with van der Waals surface area (Å²) in [5.74, 6) is -0.415. The number of aliphatic hydroxyl groups excluding tert-OH is 1. The van der Waals surface area contributed by atoms with Crippen LogP contribution in [0.25, 0.3) is 0 Å². The molecule has 8 heteroatoms. The molecule has 0 saturated heterocycles. The second-order valence-electron chi connectivity index (χ2n) is 3.94. The average Bonchev–Trinajstić information content (AvgIpc) is 2.42. The Labute approximate surface area is 117 Å². The van der Waals surface area contributed by atoms with Crippen LogP contribution in [0.1, 0.15) is 12.8 Å². The van der Waals surface area contributed by atoms with Gasteiger partial charge in [0.2, 0.25) is 10.0 Å². The first kappa shape index (κ1) is 16.4. The van der Waals surface area contributed by atoms with Crippen LogP contribution in [0.15, 0.2) is 29.2 Å². The number of benzene rings is 1. The Morgan fingerprint density at radius 1 is 1.25 bits per heavy atom. The molecule has 1 rings (SSSR count). The maximum Gasteiger partial charge on any atom is 0.303 e. The number of sulfonamides is 1. The van der Waals surface area contributed by atoms with E-state index < -0.39 is 16.0 Å². The van der Waals surface area contributed by atoms with Crippen LogP contribution in [0.3, 0.4) is 0 Å². The first-order valence-corrected chi connectivity index (χ1v) is 7.49. The van der Waals surface area contributed by atoms with E-state index in [9.17, 15) is 13.2 Å². The quantitative estimate of drug-likeness (QED) is 0.562. The Hall–Kier alpha value is -1.64. The summed E-state index contributed by atoms with van der Waals surface area (Å²) in [5.41, 5.74) is 0. The normalized spacial score (nSPS) is 11.2. The van der Waals surface area contributed by atoms with Gasteiger partial charge >= 0.3 is 5.97 Å². The summed E-state index contributed by atoms with van der Waals surface area (Å²) in [6.45, 7) is -0.0685. The molecule has 3 N–H and O–H groups in total. The van der Waals surface area contributed by atoms with Gasteiger partial charge < -0.3 is 14.9 Å². The van der Waals surface area contributed by atoms with E-state index in [4.69, 9.17) is 14.9 Å². The van der Waals surface area contributed by atoms with E-state index in [2.05, 4.69) is 4.72 Å². The van der Waals surface area contributed by atoms with E-state index in [1.165, 1.54) is 24.3 Å². The maximum absolute atomic E-state index is 11.7. The number of rotatable bonds is 9. The molecule has 0 aliphatic heterocycles. The third kappa shape index (κ3) is 5.55. The fraction of sp³-hybridized carbons (Fsp3) is 0.417. The van der Waals surface area contributed by atoms with Crippen LogP contribution in [-0.4, -0.2) is 44.4 Å². The molecule has 0 saturated carbocycles. The molecule has 0 aromatic heterocycles. The molecule has 0 heterocycles. The molecule has 112 valence electrons. The van der Waals surface area contributed by atoms with Crippen molar-refractivity contribution in [3.8, 4) is 5.75 Å². The molecule has 0 unspecified atom stereocenters. The van der Waals surface area contributed by atoms with E-state index in [0.29, 0.717) is 12.2 Å². The molecule has 0 fully saturated rings. The molecular formula is C12H17NO6S. The molecule has 0 aliphatic carbocycles. The molecule has 0 spiro atoms. The van der Waals surface area contributed by atoms with Crippen molar-refractivity contribution in [2.24, 2.45) is 0 Å². The van der Waals surface area contributed by atoms with Crippen molar-refractivity contribution in [1.29, 1.82) is 0 Å². The fourth-order valence-corrected chi connectivity index (χ4v) is 2.41. The predicted molar refractivity (Wildman–Crippen MR) is 71.1 cm³/mol. The van der Waals surface area contributed by atoms with Gasteiger partial charge in [-0.15, -0.1) is 0 Å². The first-order chi connectivity index (χ1) is 9.45. The van der Waals surface area contributed by atoms with Gasteiger partial charge in [0.25, 0.3) is 0 Å². The van der Waals surface area contributed by atoms with E-state index in [1.807, 2.05) is 0 Å². The van der Waals surface area contributed by atoms with Crippen LogP contribution in [0.2, 0.25) is 0 Å². The molecule has 1 aromatic carbocycles. The van der Waals surface area contributed by atoms with Crippen molar-refractivity contribution in [3.63, 3.8) is 0 Å². The zero-order valence-electron chi connectivity index (χ0n) is 10.8. The van der Waals surface area contributed by atoms with Crippen LogP contribution in [-0.2, 0) is 14.8 Å². The average molecular weight is 303 g/mol. The van der Waals surface area contributed by atoms with Gasteiger partial charge in [-0.1, -0.05) is 0 Å². The van der Waals surface area contributed by atoms with E-state index in [0.717, 1.165) is 0 Å². The van der Waals surface area contributed by atoms with E-state index >= 15 is 0 Å². The summed E-state index contributed by atoms with van der Waals surface area (Å²) >= 11 is 0. The summed E-state index contributed by atoms with van der Waals surface area (Å²) in [6, 6.07) is 5.75. The van der Waals surface area contributed by atoms with Crippen molar-refractivity contribution in [2.75, 3.05) is 19.8 Å². The van der Waals surface area contributed by atoms with Crippen LogP contribution < -0.4 is 9.46 Å². The number of aliphatic carboxylic acids is 1. The van der Waals surface area contributed by atoms with Crippen molar-refractivity contribution in [2.45, 2.75) is 17.7 Å². The van der Waals surface area contributed by atoms with E-state index in [1.54, 1.807) is 0 Å². The lowest BCUT2D eigenvalue weighted by Gasteiger charge is -2.08. The third-order valence-electron chi connectivity index (χ3n) is 2.34. The highest BCUT2D eigenvalue weighted by molar-refractivity contribution is 7.89. The monoisotopic (exact) mass is 303 g/mol. The van der Waals surface area contributed by atoms with Gasteiger partial charge in [0, 0.05) is 13.0 Å². The lowest BCUT2D eigenvalue weighted by atomic mass is 10.3. The van der Waals surface area contributed by atoms with Crippen molar-refractivity contribution < 1.29 is 28.2 Å². The number of hydrogen-bond acceptors (Lipinski definition) is 5. The smallest absolute Gasteiger partial charge is 0.303 e. The van der Waals surface area contributed by atoms with Crippen LogP contribution >= 0.6 is 0 Å². The molecule has 0 amide bonds. The van der Waals surface area contributed by atoms with Crippen LogP contribution in [0.4, 0.5) is 0 Å². The Balaban J connectivity index is 2.53. The molecular weight excluding hydrogens is 286 g/mol. The zero-order chi connectivity index (χ0) is 15.0. The van der Waals surface area contributed by atoms with Crippen LogP contribution in [0, 0.1) is 0 Å². The predicted octanol–water partition coefficient (Wildman–Crippen LogP) is 0.201. The second-order valence-corrected chi connectivity index (χ2v) is 5.71. The SMILES string of the molecule is O=C(O)CCCOc1ccc(S(=O)(=O)NCCO)cc1. The number of carbonyl (C=O) groups is 1. The standard InChI is InChI=1S/C12H17NO6S/c14-8-7-13-20(17,18)11-5-3-10(4-6-11)19-9-1-2-12(15)16/h3-6,13-14H,1-2,7-9H2,(H,15,16). The second kappa shape index (κ2) is 7.83. The van der Waals surface area contributed by atoms with E-state index in [-0.39, 0.29) is 31.1 Å². The van der Waals surface area contributed by atoms with Gasteiger partial charge in [0.1, 0.15) is 5.75 Å². The van der Waals surface area contributed by atoms with Gasteiger partial charge in [-0.3, -0.25) is 4.79 Å². The number of nitrogens with one attached hydrogen (secondary N) is 1. The lowest BCUT2D eigenvalue weighted by molar-refractivity contribution is -0.137. The maximum atomic E-state index is 11.7. The molecule has 7 nitrogen and oxygen atoms in total. The third-order valence-corrected chi connectivity index (χ3v) is 3.82. The number of carboxylic acid groups (broad SMARTS) is 1. The highest BCUT2D eigenvalue weighted by atomic mass is 32.2. The first-order valence-electron chi connectivity index (χ1n) is 6.01. The Bertz CT molecular complexity index is 525. The van der Waals surface area contributed by atoms with Gasteiger partial charge in [0.15, 0.2) is 0 Å². The van der Waals surface area contributed by atoms with Crippen LogP contribution in [0.5, 0.6) is 5.75 Å². The molecule has 0 radical (unpaired) electrons. The summed E-state index contributed by atoms with van der Waals surface area (Å²) in [6.07, 6.45) is 0.408. The topological polar surface area (TPSA) is 113 Å². The summed E-state index contributed by atoms with van der Waals surface area (Å²) in [4.78, 5) is 10.4. The minimum atomic E-state index is -3.62. The van der Waals surface area contributed by atoms with Gasteiger partial charge in [0.05, 0.1) is 18.1 Å². The molecule has 1 aromatic rings. The molecule has 0 atom stereocenters. The number of ether oxygens (including phenoxy) is 1. The highest BCUT2D eigenvalue weighted by Gasteiger charge is 2.12. The largest absolute Gasteiger partial charge is 0.494 e.